The molecule has 2 N–H and O–H groups in total. The van der Waals surface area contributed by atoms with E-state index in [4.69, 9.17) is 14.5 Å². The average Bonchev–Trinajstić information content (AvgIpc) is 3.10. The minimum Gasteiger partial charge on any atom is -0.493 e. The highest BCUT2D eigenvalue weighted by atomic mass is 16.5. The van der Waals surface area contributed by atoms with Crippen LogP contribution >= 0.6 is 0 Å². The molecule has 1 heterocycles. The molecule has 30 heavy (non-hydrogen) atoms. The summed E-state index contributed by atoms with van der Waals surface area (Å²) >= 11 is 0. The van der Waals surface area contributed by atoms with Gasteiger partial charge in [-0.2, -0.15) is 0 Å². The van der Waals surface area contributed by atoms with E-state index >= 15 is 0 Å². The SMILES string of the molecule is COc1ccc(NC(=NCc2nnc(C)n2C)NC(C)c2ccccc2)cc1OC. The van der Waals surface area contributed by atoms with Crippen molar-refractivity contribution in [3.05, 3.63) is 65.7 Å². The first-order chi connectivity index (χ1) is 14.5. The molecule has 0 radical (unpaired) electrons. The second-order valence-electron chi connectivity index (χ2n) is 6.86. The van der Waals surface area contributed by atoms with Crippen LogP contribution in [0.15, 0.2) is 53.5 Å². The Kier molecular flexibility index (Phi) is 6.90. The molecule has 0 saturated carbocycles. The standard InChI is InChI=1S/C22H28N6O2/c1-15(17-9-7-6-8-10-17)24-22(23-14-21-27-26-16(2)28(21)3)25-18-11-12-19(29-4)20(13-18)30-5/h6-13,15H,14H2,1-5H3,(H2,23,24,25). The zero-order chi connectivity index (χ0) is 21.5. The van der Waals surface area contributed by atoms with E-state index in [2.05, 4.69) is 39.9 Å². The van der Waals surface area contributed by atoms with Gasteiger partial charge in [-0.05, 0) is 31.5 Å². The Hall–Kier alpha value is -3.55. The van der Waals surface area contributed by atoms with Crippen LogP contribution in [0.1, 0.15) is 30.2 Å². The first kappa shape index (κ1) is 21.2. The molecule has 0 aliphatic rings. The zero-order valence-corrected chi connectivity index (χ0v) is 18.0. The molecule has 0 bridgehead atoms. The number of guanidine groups is 1. The van der Waals surface area contributed by atoms with Crippen LogP contribution in [0.2, 0.25) is 0 Å². The van der Waals surface area contributed by atoms with E-state index in [0.29, 0.717) is 24.0 Å². The predicted octanol–water partition coefficient (Wildman–Crippen LogP) is 3.46. The third-order valence-electron chi connectivity index (χ3n) is 4.86. The maximum atomic E-state index is 5.41. The Morgan fingerprint density at radius 2 is 1.80 bits per heavy atom. The lowest BCUT2D eigenvalue weighted by Crippen LogP contribution is -2.33. The van der Waals surface area contributed by atoms with Gasteiger partial charge in [0.1, 0.15) is 12.4 Å². The van der Waals surface area contributed by atoms with Crippen LogP contribution in [0.3, 0.4) is 0 Å². The highest BCUT2D eigenvalue weighted by molar-refractivity contribution is 5.94. The highest BCUT2D eigenvalue weighted by Crippen LogP contribution is 2.29. The van der Waals surface area contributed by atoms with Crippen molar-refractivity contribution in [2.45, 2.75) is 26.4 Å². The number of benzene rings is 2. The molecule has 8 heteroatoms. The number of rotatable bonds is 7. The van der Waals surface area contributed by atoms with Gasteiger partial charge in [-0.25, -0.2) is 4.99 Å². The van der Waals surface area contributed by atoms with Crippen molar-refractivity contribution < 1.29 is 9.47 Å². The lowest BCUT2D eigenvalue weighted by molar-refractivity contribution is 0.355. The van der Waals surface area contributed by atoms with Gasteiger partial charge in [0.15, 0.2) is 23.3 Å². The number of aryl methyl sites for hydroxylation is 1. The van der Waals surface area contributed by atoms with E-state index < -0.39 is 0 Å². The first-order valence-corrected chi connectivity index (χ1v) is 9.71. The average molecular weight is 409 g/mol. The summed E-state index contributed by atoms with van der Waals surface area (Å²) in [6.07, 6.45) is 0. The van der Waals surface area contributed by atoms with E-state index in [1.54, 1.807) is 14.2 Å². The second-order valence-corrected chi connectivity index (χ2v) is 6.86. The van der Waals surface area contributed by atoms with Gasteiger partial charge < -0.3 is 24.7 Å². The van der Waals surface area contributed by atoms with Crippen molar-refractivity contribution in [1.29, 1.82) is 0 Å². The predicted molar refractivity (Wildman–Crippen MR) is 118 cm³/mol. The number of ether oxygens (including phenoxy) is 2. The Morgan fingerprint density at radius 3 is 2.43 bits per heavy atom. The van der Waals surface area contributed by atoms with Crippen molar-refractivity contribution >= 4 is 11.6 Å². The summed E-state index contributed by atoms with van der Waals surface area (Å²) in [5.41, 5.74) is 1.99. The largest absolute Gasteiger partial charge is 0.493 e. The molecule has 0 aliphatic carbocycles. The minimum atomic E-state index is 0.0545. The zero-order valence-electron chi connectivity index (χ0n) is 18.0. The molecule has 158 valence electrons. The summed E-state index contributed by atoms with van der Waals surface area (Å²) < 4.78 is 12.7. The van der Waals surface area contributed by atoms with Crippen molar-refractivity contribution in [2.75, 3.05) is 19.5 Å². The number of aliphatic imine (C=N–C) groups is 1. The fourth-order valence-corrected chi connectivity index (χ4v) is 2.94. The van der Waals surface area contributed by atoms with Crippen LogP contribution in [-0.4, -0.2) is 34.9 Å². The van der Waals surface area contributed by atoms with Crippen molar-refractivity contribution in [2.24, 2.45) is 12.0 Å². The number of anilines is 1. The third-order valence-corrected chi connectivity index (χ3v) is 4.86. The molecule has 1 atom stereocenters. The van der Waals surface area contributed by atoms with Gasteiger partial charge in [-0.15, -0.1) is 10.2 Å². The van der Waals surface area contributed by atoms with Crippen LogP contribution in [-0.2, 0) is 13.6 Å². The van der Waals surface area contributed by atoms with Gasteiger partial charge in [0.2, 0.25) is 0 Å². The molecule has 2 aromatic carbocycles. The Labute approximate surface area is 177 Å². The van der Waals surface area contributed by atoms with E-state index in [-0.39, 0.29) is 6.04 Å². The molecule has 0 spiro atoms. The Morgan fingerprint density at radius 1 is 1.07 bits per heavy atom. The monoisotopic (exact) mass is 408 g/mol. The number of nitrogens with zero attached hydrogens (tertiary/aromatic N) is 4. The van der Waals surface area contributed by atoms with E-state index in [1.165, 1.54) is 0 Å². The second kappa shape index (κ2) is 9.78. The molecule has 8 nitrogen and oxygen atoms in total. The van der Waals surface area contributed by atoms with Crippen LogP contribution in [0, 0.1) is 6.92 Å². The van der Waals surface area contributed by atoms with Crippen LogP contribution < -0.4 is 20.1 Å². The molecular weight excluding hydrogens is 380 g/mol. The Bertz CT molecular complexity index is 1000. The van der Waals surface area contributed by atoms with E-state index in [9.17, 15) is 0 Å². The maximum Gasteiger partial charge on any atom is 0.196 e. The number of aromatic nitrogens is 3. The summed E-state index contributed by atoms with van der Waals surface area (Å²) in [5, 5.41) is 15.1. The highest BCUT2D eigenvalue weighted by Gasteiger charge is 2.11. The fraction of sp³-hybridized carbons (Fsp3) is 0.318. The van der Waals surface area contributed by atoms with Gasteiger partial charge >= 0.3 is 0 Å². The summed E-state index contributed by atoms with van der Waals surface area (Å²) in [5.74, 6) is 3.57. The van der Waals surface area contributed by atoms with Gasteiger partial charge in [0.25, 0.3) is 0 Å². The topological polar surface area (TPSA) is 85.6 Å². The summed E-state index contributed by atoms with van der Waals surface area (Å²) in [6, 6.07) is 15.9. The summed E-state index contributed by atoms with van der Waals surface area (Å²) in [7, 11) is 5.16. The quantitative estimate of drug-likeness (QED) is 0.460. The fourth-order valence-electron chi connectivity index (χ4n) is 2.94. The van der Waals surface area contributed by atoms with Gasteiger partial charge in [0, 0.05) is 18.8 Å². The number of methoxy groups -OCH3 is 2. The molecule has 1 aromatic heterocycles. The molecule has 0 amide bonds. The Balaban J connectivity index is 1.84. The first-order valence-electron chi connectivity index (χ1n) is 9.71. The van der Waals surface area contributed by atoms with Crippen molar-refractivity contribution in [1.82, 2.24) is 20.1 Å². The lowest BCUT2D eigenvalue weighted by atomic mass is 10.1. The maximum absolute atomic E-state index is 5.41. The molecule has 0 saturated heterocycles. The van der Waals surface area contributed by atoms with Crippen LogP contribution in [0.5, 0.6) is 11.5 Å². The molecular formula is C22H28N6O2. The number of hydrogen-bond acceptors (Lipinski definition) is 5. The van der Waals surface area contributed by atoms with Crippen molar-refractivity contribution in [3.8, 4) is 11.5 Å². The lowest BCUT2D eigenvalue weighted by Gasteiger charge is -2.19. The summed E-state index contributed by atoms with van der Waals surface area (Å²) in [6.45, 7) is 4.40. The molecule has 3 rings (SSSR count). The van der Waals surface area contributed by atoms with E-state index in [0.717, 1.165) is 22.9 Å². The molecule has 1 unspecified atom stereocenters. The van der Waals surface area contributed by atoms with Gasteiger partial charge in [0.05, 0.1) is 20.3 Å². The summed E-state index contributed by atoms with van der Waals surface area (Å²) in [4.78, 5) is 4.73. The molecule has 3 aromatic rings. The van der Waals surface area contributed by atoms with Gasteiger partial charge in [-0.1, -0.05) is 30.3 Å². The normalized spacial score (nSPS) is 12.4. The third kappa shape index (κ3) is 5.08. The minimum absolute atomic E-state index is 0.0545. The van der Waals surface area contributed by atoms with E-state index in [1.807, 2.05) is 54.9 Å². The van der Waals surface area contributed by atoms with Crippen molar-refractivity contribution in [3.63, 3.8) is 0 Å². The van der Waals surface area contributed by atoms with Crippen LogP contribution in [0.25, 0.3) is 0 Å². The number of nitrogens with one attached hydrogen (secondary N) is 2. The smallest absolute Gasteiger partial charge is 0.196 e. The van der Waals surface area contributed by atoms with Crippen LogP contribution in [0.4, 0.5) is 5.69 Å². The molecule has 0 fully saturated rings. The molecule has 0 aliphatic heterocycles. The number of hydrogen-bond donors (Lipinski definition) is 2. The van der Waals surface area contributed by atoms with Gasteiger partial charge in [-0.3, -0.25) is 0 Å².